The van der Waals surface area contributed by atoms with Gasteiger partial charge in [-0.2, -0.15) is 0 Å². The molecule has 4 nitrogen and oxygen atoms in total. The van der Waals surface area contributed by atoms with Gasteiger partial charge in [-0.1, -0.05) is 34.1 Å². The highest BCUT2D eigenvalue weighted by atomic mass is 28.4. The zero-order valence-corrected chi connectivity index (χ0v) is 19.2. The number of carbonyl (C=O) groups excluding carboxylic acids is 1. The molecule has 0 aliphatic carbocycles. The standard InChI is InChI=1S/C18H41NO3Si2/c1-8-17(5)21-23(6,7)15-13-12-14-19-16-18(20)22-24(9-2,10-3)11-4/h17,19H,8-16H2,1-7H3. The molecule has 0 aromatic heterocycles. The molecule has 0 aromatic carbocycles. The molecule has 0 aliphatic heterocycles. The van der Waals surface area contributed by atoms with Gasteiger partial charge in [0, 0.05) is 6.10 Å². The molecule has 1 atom stereocenters. The Labute approximate surface area is 152 Å². The second-order valence-electron chi connectivity index (χ2n) is 7.45. The van der Waals surface area contributed by atoms with Crippen LogP contribution in [0.2, 0.25) is 37.3 Å². The molecular formula is C18H41NO3Si2. The van der Waals surface area contributed by atoms with E-state index in [0.29, 0.717) is 12.6 Å². The average molecular weight is 376 g/mol. The normalized spacial score (nSPS) is 13.8. The largest absolute Gasteiger partial charge is 0.518 e. The van der Waals surface area contributed by atoms with Gasteiger partial charge in [-0.3, -0.25) is 4.79 Å². The minimum absolute atomic E-state index is 0.0676. The summed E-state index contributed by atoms with van der Waals surface area (Å²) in [5.74, 6) is -0.0676. The SMILES string of the molecule is CCC(C)O[Si](C)(C)CCCCNCC(=O)O[Si](CC)(CC)CC. The van der Waals surface area contributed by atoms with E-state index < -0.39 is 16.6 Å². The third-order valence-corrected chi connectivity index (χ3v) is 12.1. The van der Waals surface area contributed by atoms with Crippen molar-refractivity contribution in [3.63, 3.8) is 0 Å². The molecule has 0 bridgehead atoms. The maximum absolute atomic E-state index is 12.0. The molecule has 0 fully saturated rings. The van der Waals surface area contributed by atoms with Crippen molar-refractivity contribution in [1.82, 2.24) is 5.32 Å². The summed E-state index contributed by atoms with van der Waals surface area (Å²) in [5.41, 5.74) is 0. The second kappa shape index (κ2) is 12.2. The first-order chi connectivity index (χ1) is 11.2. The zero-order chi connectivity index (χ0) is 18.6. The average Bonchev–Trinajstić information content (AvgIpc) is 2.55. The van der Waals surface area contributed by atoms with E-state index in [1.807, 2.05) is 0 Å². The maximum Gasteiger partial charge on any atom is 0.306 e. The molecule has 0 heterocycles. The molecule has 24 heavy (non-hydrogen) atoms. The lowest BCUT2D eigenvalue weighted by Gasteiger charge is -2.27. The van der Waals surface area contributed by atoms with Crippen molar-refractivity contribution in [2.24, 2.45) is 0 Å². The van der Waals surface area contributed by atoms with Gasteiger partial charge in [-0.25, -0.2) is 0 Å². The van der Waals surface area contributed by atoms with Crippen molar-refractivity contribution in [3.8, 4) is 0 Å². The molecule has 0 spiro atoms. The van der Waals surface area contributed by atoms with Gasteiger partial charge in [0.05, 0.1) is 6.54 Å². The predicted octanol–water partition coefficient (Wildman–Crippen LogP) is 4.92. The van der Waals surface area contributed by atoms with Crippen LogP contribution in [-0.4, -0.2) is 41.8 Å². The molecule has 144 valence electrons. The molecule has 0 aromatic rings. The fourth-order valence-corrected chi connectivity index (χ4v) is 7.89. The molecule has 0 saturated heterocycles. The van der Waals surface area contributed by atoms with Crippen LogP contribution < -0.4 is 5.32 Å². The van der Waals surface area contributed by atoms with Crippen LogP contribution >= 0.6 is 0 Å². The predicted molar refractivity (Wildman–Crippen MR) is 109 cm³/mol. The van der Waals surface area contributed by atoms with Gasteiger partial charge in [0.15, 0.2) is 8.32 Å². The number of carbonyl (C=O) groups is 1. The van der Waals surface area contributed by atoms with Crippen molar-refractivity contribution in [1.29, 1.82) is 0 Å². The fraction of sp³-hybridized carbons (Fsp3) is 0.944. The second-order valence-corrected chi connectivity index (χ2v) is 16.4. The summed E-state index contributed by atoms with van der Waals surface area (Å²) in [6, 6.07) is 4.23. The molecule has 0 saturated carbocycles. The van der Waals surface area contributed by atoms with Crippen LogP contribution in [0.3, 0.4) is 0 Å². The van der Waals surface area contributed by atoms with Gasteiger partial charge in [0.1, 0.15) is 0 Å². The summed E-state index contributed by atoms with van der Waals surface area (Å²) < 4.78 is 12.0. The Hall–Kier alpha value is -0.176. The maximum atomic E-state index is 12.0. The van der Waals surface area contributed by atoms with Crippen LogP contribution in [0.15, 0.2) is 0 Å². The first-order valence-corrected chi connectivity index (χ1v) is 15.5. The van der Waals surface area contributed by atoms with Gasteiger partial charge < -0.3 is 14.2 Å². The number of hydrogen-bond acceptors (Lipinski definition) is 4. The highest BCUT2D eigenvalue weighted by Gasteiger charge is 2.32. The van der Waals surface area contributed by atoms with E-state index in [9.17, 15) is 4.79 Å². The zero-order valence-electron chi connectivity index (χ0n) is 17.2. The summed E-state index contributed by atoms with van der Waals surface area (Å²) in [5, 5.41) is 3.24. The summed E-state index contributed by atoms with van der Waals surface area (Å²) in [6.45, 7) is 16.6. The first kappa shape index (κ1) is 23.8. The molecule has 0 radical (unpaired) electrons. The van der Waals surface area contributed by atoms with E-state index in [-0.39, 0.29) is 5.97 Å². The summed E-state index contributed by atoms with van der Waals surface area (Å²) in [6.07, 6.45) is 3.71. The van der Waals surface area contributed by atoms with Crippen LogP contribution in [-0.2, 0) is 13.6 Å². The number of rotatable bonds is 14. The number of nitrogens with one attached hydrogen (secondary N) is 1. The van der Waals surface area contributed by atoms with Gasteiger partial charge >= 0.3 is 5.97 Å². The molecule has 6 heteroatoms. The van der Waals surface area contributed by atoms with Crippen LogP contribution in [0.4, 0.5) is 0 Å². The van der Waals surface area contributed by atoms with E-state index in [1.54, 1.807) is 0 Å². The third-order valence-electron chi connectivity index (χ3n) is 5.01. The van der Waals surface area contributed by atoms with Crippen LogP contribution in [0.1, 0.15) is 53.9 Å². The van der Waals surface area contributed by atoms with Crippen LogP contribution in [0.25, 0.3) is 0 Å². The van der Waals surface area contributed by atoms with Gasteiger partial charge in [-0.05, 0) is 63.6 Å². The fourth-order valence-electron chi connectivity index (χ4n) is 2.92. The van der Waals surface area contributed by atoms with Crippen molar-refractivity contribution < 1.29 is 13.6 Å². The number of hydrogen-bond donors (Lipinski definition) is 1. The van der Waals surface area contributed by atoms with Crippen LogP contribution in [0.5, 0.6) is 0 Å². The Kier molecular flexibility index (Phi) is 12.1. The van der Waals surface area contributed by atoms with Gasteiger partial charge in [-0.15, -0.1) is 0 Å². The highest BCUT2D eigenvalue weighted by molar-refractivity contribution is 6.75. The summed E-state index contributed by atoms with van der Waals surface area (Å²) >= 11 is 0. The van der Waals surface area contributed by atoms with E-state index in [0.717, 1.165) is 43.9 Å². The van der Waals surface area contributed by atoms with Crippen molar-refractivity contribution >= 4 is 22.6 Å². The van der Waals surface area contributed by atoms with E-state index in [1.165, 1.54) is 6.04 Å². The molecule has 1 unspecified atom stereocenters. The van der Waals surface area contributed by atoms with Crippen molar-refractivity contribution in [2.75, 3.05) is 13.1 Å². The molecule has 1 N–H and O–H groups in total. The monoisotopic (exact) mass is 375 g/mol. The third kappa shape index (κ3) is 9.96. The Morgan fingerprint density at radius 1 is 1.04 bits per heavy atom. The quantitative estimate of drug-likeness (QED) is 0.345. The minimum atomic E-state index is -1.80. The Morgan fingerprint density at radius 3 is 2.12 bits per heavy atom. The Morgan fingerprint density at radius 2 is 1.62 bits per heavy atom. The van der Waals surface area contributed by atoms with Crippen LogP contribution in [0, 0.1) is 0 Å². The summed E-state index contributed by atoms with van der Waals surface area (Å²) in [7, 11) is -3.33. The molecule has 0 rings (SSSR count). The molecule has 0 amide bonds. The molecular weight excluding hydrogens is 334 g/mol. The first-order valence-electron chi connectivity index (χ1n) is 9.84. The van der Waals surface area contributed by atoms with E-state index >= 15 is 0 Å². The van der Waals surface area contributed by atoms with Crippen molar-refractivity contribution in [3.05, 3.63) is 0 Å². The smallest absolute Gasteiger partial charge is 0.306 e. The van der Waals surface area contributed by atoms with Crippen molar-refractivity contribution in [2.45, 2.75) is 97.3 Å². The Balaban J connectivity index is 3.89. The minimum Gasteiger partial charge on any atom is -0.518 e. The van der Waals surface area contributed by atoms with E-state index in [4.69, 9.17) is 8.85 Å². The van der Waals surface area contributed by atoms with Gasteiger partial charge in [0.25, 0.3) is 8.32 Å². The summed E-state index contributed by atoms with van der Waals surface area (Å²) in [4.78, 5) is 12.0. The topological polar surface area (TPSA) is 47.6 Å². The highest BCUT2D eigenvalue weighted by Crippen LogP contribution is 2.21. The lowest BCUT2D eigenvalue weighted by atomic mass is 10.3. The van der Waals surface area contributed by atoms with Gasteiger partial charge in [0.2, 0.25) is 0 Å². The Bertz CT molecular complexity index is 339. The lowest BCUT2D eigenvalue weighted by molar-refractivity contribution is -0.134. The van der Waals surface area contributed by atoms with E-state index in [2.05, 4.69) is 53.0 Å². The number of unbranched alkanes of at least 4 members (excludes halogenated alkanes) is 1. The molecule has 0 aliphatic rings. The lowest BCUT2D eigenvalue weighted by Crippen LogP contribution is -2.41.